The van der Waals surface area contributed by atoms with Crippen LogP contribution in [0.15, 0.2) is 72.8 Å². The predicted octanol–water partition coefficient (Wildman–Crippen LogP) is 7.21. The number of anilines is 1. The lowest BCUT2D eigenvalue weighted by Gasteiger charge is -2.29. The third-order valence-corrected chi connectivity index (χ3v) is 4.73. The van der Waals surface area contributed by atoms with E-state index in [0.717, 1.165) is 29.2 Å². The minimum Gasteiger partial charge on any atom is -0.457 e. The maximum Gasteiger partial charge on any atom is 0.573 e. The van der Waals surface area contributed by atoms with Gasteiger partial charge in [0.05, 0.1) is 6.54 Å². The fourth-order valence-corrected chi connectivity index (χ4v) is 3.25. The highest BCUT2D eigenvalue weighted by atomic mass is 19.4. The van der Waals surface area contributed by atoms with Gasteiger partial charge < -0.3 is 24.2 Å². The Bertz CT molecular complexity index is 1210. The van der Waals surface area contributed by atoms with Crippen molar-refractivity contribution in [2.45, 2.75) is 31.5 Å². The van der Waals surface area contributed by atoms with Crippen molar-refractivity contribution < 1.29 is 58.8 Å². The van der Waals surface area contributed by atoms with Gasteiger partial charge in [-0.15, -0.1) is 26.3 Å². The van der Waals surface area contributed by atoms with E-state index in [-0.39, 0.29) is 29.3 Å². The predicted molar refractivity (Wildman–Crippen MR) is 116 cm³/mol. The molecule has 0 saturated heterocycles. The molecule has 14 heteroatoms. The van der Waals surface area contributed by atoms with E-state index in [1.807, 2.05) is 0 Å². The highest BCUT2D eigenvalue weighted by molar-refractivity contribution is 5.52. The Labute approximate surface area is 209 Å². The summed E-state index contributed by atoms with van der Waals surface area (Å²) in [5.74, 6) is -1.23. The Morgan fingerprint density at radius 3 is 1.74 bits per heavy atom. The number of ether oxygens (including phenoxy) is 3. The van der Waals surface area contributed by atoms with Gasteiger partial charge in [-0.1, -0.05) is 24.3 Å². The standard InChI is InChI=1S/C24H18F9NO4/c25-22(26,27)21(35)14-34(13-15-4-1-8-19(10-15)37-23(28,29)30)16-5-2-6-17(11-16)36-18-7-3-9-20(12-18)38-24(31,32)33/h1-12,21,35H,13-14H2/t21-/m1/s1. The Morgan fingerprint density at radius 2 is 1.16 bits per heavy atom. The van der Waals surface area contributed by atoms with Crippen LogP contribution in [0.4, 0.5) is 45.2 Å². The molecule has 0 aromatic heterocycles. The summed E-state index contributed by atoms with van der Waals surface area (Å²) in [6.07, 6.45) is -17.7. The van der Waals surface area contributed by atoms with Gasteiger partial charge >= 0.3 is 18.9 Å². The van der Waals surface area contributed by atoms with Crippen LogP contribution in [0.1, 0.15) is 5.56 Å². The lowest BCUT2D eigenvalue weighted by Crippen LogP contribution is -2.40. The Hall–Kier alpha value is -3.81. The first kappa shape index (κ1) is 28.8. The molecule has 38 heavy (non-hydrogen) atoms. The second-order valence-corrected chi connectivity index (χ2v) is 7.76. The van der Waals surface area contributed by atoms with Gasteiger partial charge in [0.25, 0.3) is 0 Å². The number of alkyl halides is 9. The molecule has 3 aromatic carbocycles. The molecule has 0 bridgehead atoms. The largest absolute Gasteiger partial charge is 0.573 e. The van der Waals surface area contributed by atoms with Gasteiger partial charge in [-0.2, -0.15) is 13.2 Å². The molecule has 0 aliphatic rings. The minimum atomic E-state index is -4.99. The van der Waals surface area contributed by atoms with Crippen LogP contribution in [0.5, 0.6) is 23.0 Å². The SMILES string of the molecule is O[C@H](CN(Cc1cccc(OC(F)(F)F)c1)c1cccc(Oc2cccc(OC(F)(F)F)c2)c1)C(F)(F)F. The van der Waals surface area contributed by atoms with Crippen molar-refractivity contribution >= 4 is 5.69 Å². The maximum atomic E-state index is 13.1. The molecule has 0 saturated carbocycles. The Morgan fingerprint density at radius 1 is 0.658 bits per heavy atom. The van der Waals surface area contributed by atoms with Crippen LogP contribution >= 0.6 is 0 Å². The summed E-state index contributed by atoms with van der Waals surface area (Å²) in [5, 5.41) is 9.65. The smallest absolute Gasteiger partial charge is 0.457 e. The van der Waals surface area contributed by atoms with E-state index < -0.39 is 43.0 Å². The molecule has 3 aromatic rings. The van der Waals surface area contributed by atoms with Gasteiger partial charge in [0.1, 0.15) is 23.0 Å². The second kappa shape index (κ2) is 11.3. The first-order chi connectivity index (χ1) is 17.6. The number of hydrogen-bond acceptors (Lipinski definition) is 5. The van der Waals surface area contributed by atoms with Crippen molar-refractivity contribution in [3.63, 3.8) is 0 Å². The van der Waals surface area contributed by atoms with E-state index in [4.69, 9.17) is 4.74 Å². The van der Waals surface area contributed by atoms with Crippen LogP contribution in [0.3, 0.4) is 0 Å². The summed E-state index contributed by atoms with van der Waals surface area (Å²) in [7, 11) is 0. The monoisotopic (exact) mass is 555 g/mol. The molecule has 206 valence electrons. The lowest BCUT2D eigenvalue weighted by molar-refractivity contribution is -0.275. The molecule has 0 unspecified atom stereocenters. The van der Waals surface area contributed by atoms with Gasteiger partial charge in [-0.05, 0) is 42.0 Å². The number of benzene rings is 3. The molecule has 3 rings (SSSR count). The molecule has 0 spiro atoms. The quantitative estimate of drug-likeness (QED) is 0.283. The summed E-state index contributed by atoms with van der Waals surface area (Å²) in [4.78, 5) is 1.04. The van der Waals surface area contributed by atoms with Gasteiger partial charge in [0.15, 0.2) is 6.10 Å². The van der Waals surface area contributed by atoms with Crippen LogP contribution in [0.2, 0.25) is 0 Å². The first-order valence-corrected chi connectivity index (χ1v) is 10.6. The van der Waals surface area contributed by atoms with Crippen LogP contribution in [0, 0.1) is 0 Å². The fraction of sp³-hybridized carbons (Fsp3) is 0.250. The lowest BCUT2D eigenvalue weighted by atomic mass is 10.1. The van der Waals surface area contributed by atoms with E-state index >= 15 is 0 Å². The normalized spacial score (nSPS) is 13.1. The van der Waals surface area contributed by atoms with Crippen molar-refractivity contribution in [3.05, 3.63) is 78.4 Å². The van der Waals surface area contributed by atoms with Crippen molar-refractivity contribution in [2.24, 2.45) is 0 Å². The highest BCUT2D eigenvalue weighted by Gasteiger charge is 2.39. The van der Waals surface area contributed by atoms with Crippen LogP contribution < -0.4 is 19.1 Å². The number of aliphatic hydroxyl groups is 1. The van der Waals surface area contributed by atoms with E-state index in [1.165, 1.54) is 48.5 Å². The highest BCUT2D eigenvalue weighted by Crippen LogP contribution is 2.32. The summed E-state index contributed by atoms with van der Waals surface area (Å²) in [5.41, 5.74) is 0.195. The van der Waals surface area contributed by atoms with E-state index in [2.05, 4.69) is 9.47 Å². The second-order valence-electron chi connectivity index (χ2n) is 7.76. The average Bonchev–Trinajstić information content (AvgIpc) is 2.76. The molecule has 0 amide bonds. The van der Waals surface area contributed by atoms with Crippen LogP contribution in [-0.2, 0) is 6.54 Å². The molecule has 5 nitrogen and oxygen atoms in total. The molecular weight excluding hydrogens is 537 g/mol. The van der Waals surface area contributed by atoms with Crippen LogP contribution in [0.25, 0.3) is 0 Å². The van der Waals surface area contributed by atoms with Crippen LogP contribution in [-0.4, -0.2) is 36.7 Å². The van der Waals surface area contributed by atoms with Crippen molar-refractivity contribution in [1.82, 2.24) is 0 Å². The zero-order valence-electron chi connectivity index (χ0n) is 18.9. The Balaban J connectivity index is 1.87. The maximum absolute atomic E-state index is 13.1. The molecule has 0 aliphatic carbocycles. The van der Waals surface area contributed by atoms with Crippen molar-refractivity contribution in [1.29, 1.82) is 0 Å². The molecular formula is C24H18F9NO4. The van der Waals surface area contributed by atoms with Gasteiger partial charge in [0, 0.05) is 24.4 Å². The number of hydrogen-bond donors (Lipinski definition) is 1. The molecule has 0 aliphatic heterocycles. The zero-order valence-corrected chi connectivity index (χ0v) is 18.9. The van der Waals surface area contributed by atoms with E-state index in [0.29, 0.717) is 0 Å². The summed E-state index contributed by atoms with van der Waals surface area (Å²) < 4.78 is 128. The summed E-state index contributed by atoms with van der Waals surface area (Å²) in [6, 6.07) is 14.4. The summed E-state index contributed by atoms with van der Waals surface area (Å²) in [6.45, 7) is -1.37. The Kier molecular flexibility index (Phi) is 8.54. The van der Waals surface area contributed by atoms with Crippen molar-refractivity contribution in [3.8, 4) is 23.0 Å². The zero-order chi connectivity index (χ0) is 28.1. The average molecular weight is 555 g/mol. The van der Waals surface area contributed by atoms with E-state index in [1.54, 1.807) is 0 Å². The molecule has 0 fully saturated rings. The third kappa shape index (κ3) is 9.25. The number of aliphatic hydroxyl groups excluding tert-OH is 1. The van der Waals surface area contributed by atoms with Crippen molar-refractivity contribution in [2.75, 3.05) is 11.4 Å². The topological polar surface area (TPSA) is 51.2 Å². The number of halogens is 9. The molecule has 1 atom stereocenters. The van der Waals surface area contributed by atoms with Gasteiger partial charge in [-0.3, -0.25) is 0 Å². The van der Waals surface area contributed by atoms with E-state index in [9.17, 15) is 44.6 Å². The number of rotatable bonds is 9. The number of nitrogens with zero attached hydrogens (tertiary/aromatic N) is 1. The van der Waals surface area contributed by atoms with Gasteiger partial charge in [-0.25, -0.2) is 0 Å². The first-order valence-electron chi connectivity index (χ1n) is 10.6. The summed E-state index contributed by atoms with van der Waals surface area (Å²) >= 11 is 0. The molecule has 0 radical (unpaired) electrons. The minimum absolute atomic E-state index is 0.00677. The third-order valence-electron chi connectivity index (χ3n) is 4.73. The molecule has 0 heterocycles. The molecule has 1 N–H and O–H groups in total. The van der Waals surface area contributed by atoms with Gasteiger partial charge in [0.2, 0.25) is 0 Å². The fourth-order valence-electron chi connectivity index (χ4n) is 3.25.